The third kappa shape index (κ3) is 3.44. The Balaban J connectivity index is 1.95. The molecule has 5 heteroatoms. The number of piperidine rings is 1. The van der Waals surface area contributed by atoms with Gasteiger partial charge in [0.1, 0.15) is 5.60 Å². The monoisotopic (exact) mass is 282 g/mol. The summed E-state index contributed by atoms with van der Waals surface area (Å²) >= 11 is 0. The van der Waals surface area contributed by atoms with Gasteiger partial charge >= 0.3 is 6.09 Å². The van der Waals surface area contributed by atoms with Crippen molar-refractivity contribution in [3.8, 4) is 0 Å². The molecule has 2 rings (SSSR count). The molecule has 5 nitrogen and oxygen atoms in total. The lowest BCUT2D eigenvalue weighted by Gasteiger charge is -2.38. The van der Waals surface area contributed by atoms with Crippen LogP contribution in [0.1, 0.15) is 47.0 Å². The number of hydrogen-bond acceptors (Lipinski definition) is 3. The van der Waals surface area contributed by atoms with Crippen molar-refractivity contribution in [2.45, 2.75) is 58.6 Å². The summed E-state index contributed by atoms with van der Waals surface area (Å²) in [5, 5.41) is 0. The smallest absolute Gasteiger partial charge is 0.410 e. The zero-order valence-corrected chi connectivity index (χ0v) is 13.0. The Morgan fingerprint density at radius 3 is 2.50 bits per heavy atom. The summed E-state index contributed by atoms with van der Waals surface area (Å²) in [5.74, 6) is 0.368. The Morgan fingerprint density at radius 2 is 1.95 bits per heavy atom. The Hall–Kier alpha value is -1.26. The minimum Gasteiger partial charge on any atom is -0.444 e. The molecule has 2 fully saturated rings. The molecule has 0 N–H and O–H groups in total. The highest BCUT2D eigenvalue weighted by atomic mass is 16.6. The van der Waals surface area contributed by atoms with E-state index in [1.807, 2.05) is 32.6 Å². The van der Waals surface area contributed by atoms with Crippen molar-refractivity contribution >= 4 is 12.0 Å². The first-order valence-corrected chi connectivity index (χ1v) is 7.56. The Kier molecular flexibility index (Phi) is 4.25. The summed E-state index contributed by atoms with van der Waals surface area (Å²) in [4.78, 5) is 27.9. The average molecular weight is 282 g/mol. The van der Waals surface area contributed by atoms with Gasteiger partial charge < -0.3 is 14.5 Å². The van der Waals surface area contributed by atoms with Gasteiger partial charge in [0.05, 0.1) is 0 Å². The molecule has 0 aromatic heterocycles. The number of likely N-dealkylation sites (tertiary alicyclic amines) is 2. The molecule has 2 aliphatic heterocycles. The molecule has 2 heterocycles. The lowest BCUT2D eigenvalue weighted by molar-refractivity contribution is -0.133. The molecule has 0 aliphatic carbocycles. The van der Waals surface area contributed by atoms with Crippen LogP contribution in [-0.4, -0.2) is 53.1 Å². The number of rotatable bonds is 1. The third-order valence-corrected chi connectivity index (χ3v) is 4.00. The lowest BCUT2D eigenvalue weighted by atomic mass is 10.0. The number of hydrogen-bond donors (Lipinski definition) is 0. The molecule has 2 atom stereocenters. The van der Waals surface area contributed by atoms with Gasteiger partial charge in [-0.05, 0) is 40.0 Å². The Labute approximate surface area is 121 Å². The summed E-state index contributed by atoms with van der Waals surface area (Å²) in [5.41, 5.74) is -0.470. The van der Waals surface area contributed by atoms with Crippen LogP contribution in [0.25, 0.3) is 0 Å². The summed E-state index contributed by atoms with van der Waals surface area (Å²) in [6.45, 7) is 9.76. The quantitative estimate of drug-likeness (QED) is 0.741. The molecule has 114 valence electrons. The molecule has 0 bridgehead atoms. The molecular formula is C15H26N2O3. The van der Waals surface area contributed by atoms with E-state index in [2.05, 4.69) is 0 Å². The van der Waals surface area contributed by atoms with Crippen molar-refractivity contribution in [3.63, 3.8) is 0 Å². The number of carbonyl (C=O) groups excluding carboxylic acids is 2. The molecule has 2 saturated heterocycles. The van der Waals surface area contributed by atoms with Gasteiger partial charge in [0, 0.05) is 31.6 Å². The zero-order valence-electron chi connectivity index (χ0n) is 13.0. The highest BCUT2D eigenvalue weighted by Crippen LogP contribution is 2.25. The van der Waals surface area contributed by atoms with Gasteiger partial charge in [-0.15, -0.1) is 0 Å². The molecule has 0 aromatic carbocycles. The third-order valence-electron chi connectivity index (χ3n) is 4.00. The van der Waals surface area contributed by atoms with E-state index in [-0.39, 0.29) is 24.0 Å². The molecule has 0 aromatic rings. The number of amides is 2. The fourth-order valence-electron chi connectivity index (χ4n) is 2.91. The Morgan fingerprint density at radius 1 is 1.25 bits per heavy atom. The molecule has 0 spiro atoms. The molecule has 2 unspecified atom stereocenters. The molecule has 20 heavy (non-hydrogen) atoms. The van der Waals surface area contributed by atoms with Crippen molar-refractivity contribution in [3.05, 3.63) is 0 Å². The van der Waals surface area contributed by atoms with Gasteiger partial charge in [-0.25, -0.2) is 4.79 Å². The first kappa shape index (κ1) is 15.1. The first-order chi connectivity index (χ1) is 9.28. The minimum atomic E-state index is -0.470. The van der Waals surface area contributed by atoms with Crippen LogP contribution in [0.5, 0.6) is 0 Å². The van der Waals surface area contributed by atoms with Crippen LogP contribution >= 0.6 is 0 Å². The van der Waals surface area contributed by atoms with E-state index in [0.717, 1.165) is 32.4 Å². The number of carbonyl (C=O) groups is 2. The summed E-state index contributed by atoms with van der Waals surface area (Å²) in [7, 11) is 0. The largest absolute Gasteiger partial charge is 0.444 e. The second kappa shape index (κ2) is 5.62. The molecule has 2 amide bonds. The van der Waals surface area contributed by atoms with Crippen LogP contribution in [-0.2, 0) is 9.53 Å². The number of ether oxygens (including phenoxy) is 1. The van der Waals surface area contributed by atoms with Crippen molar-refractivity contribution in [1.29, 1.82) is 0 Å². The van der Waals surface area contributed by atoms with E-state index in [9.17, 15) is 9.59 Å². The normalized spacial score (nSPS) is 27.9. The van der Waals surface area contributed by atoms with E-state index < -0.39 is 5.60 Å². The maximum atomic E-state index is 12.1. The predicted octanol–water partition coefficient (Wildman–Crippen LogP) is 2.25. The average Bonchev–Trinajstić information content (AvgIpc) is 2.68. The summed E-state index contributed by atoms with van der Waals surface area (Å²) < 4.78 is 5.42. The maximum absolute atomic E-state index is 12.1. The van der Waals surface area contributed by atoms with E-state index in [4.69, 9.17) is 4.74 Å². The van der Waals surface area contributed by atoms with Crippen molar-refractivity contribution < 1.29 is 14.3 Å². The molecular weight excluding hydrogens is 256 g/mol. The van der Waals surface area contributed by atoms with Gasteiger partial charge in [-0.2, -0.15) is 0 Å². The van der Waals surface area contributed by atoms with E-state index >= 15 is 0 Å². The highest BCUT2D eigenvalue weighted by Gasteiger charge is 2.37. The van der Waals surface area contributed by atoms with Crippen LogP contribution in [0.3, 0.4) is 0 Å². The van der Waals surface area contributed by atoms with E-state index in [1.165, 1.54) is 0 Å². The van der Waals surface area contributed by atoms with Crippen LogP contribution in [0.2, 0.25) is 0 Å². The van der Waals surface area contributed by atoms with Crippen molar-refractivity contribution in [1.82, 2.24) is 9.80 Å². The maximum Gasteiger partial charge on any atom is 0.410 e. The zero-order chi connectivity index (χ0) is 14.9. The minimum absolute atomic E-state index is 0.131. The van der Waals surface area contributed by atoms with Gasteiger partial charge in [-0.3, -0.25) is 4.79 Å². The second-order valence-corrected chi connectivity index (χ2v) is 6.94. The number of nitrogens with zero attached hydrogens (tertiary/aromatic N) is 2. The van der Waals surface area contributed by atoms with E-state index in [1.54, 1.807) is 4.90 Å². The fraction of sp³-hybridized carbons (Fsp3) is 0.867. The van der Waals surface area contributed by atoms with Gasteiger partial charge in [0.25, 0.3) is 0 Å². The summed E-state index contributed by atoms with van der Waals surface area (Å²) in [6, 6.07) is 0.161. The van der Waals surface area contributed by atoms with E-state index in [0.29, 0.717) is 6.54 Å². The van der Waals surface area contributed by atoms with Gasteiger partial charge in [-0.1, -0.05) is 6.92 Å². The van der Waals surface area contributed by atoms with Gasteiger partial charge in [0.2, 0.25) is 5.91 Å². The van der Waals surface area contributed by atoms with Crippen molar-refractivity contribution in [2.75, 3.05) is 19.6 Å². The lowest BCUT2D eigenvalue weighted by Crippen LogP contribution is -2.51. The van der Waals surface area contributed by atoms with Crippen LogP contribution < -0.4 is 0 Å². The molecule has 2 aliphatic rings. The van der Waals surface area contributed by atoms with Gasteiger partial charge in [0.15, 0.2) is 0 Å². The van der Waals surface area contributed by atoms with Crippen molar-refractivity contribution in [2.24, 2.45) is 5.92 Å². The predicted molar refractivity (Wildman–Crippen MR) is 76.3 cm³/mol. The van der Waals surface area contributed by atoms with Crippen LogP contribution in [0, 0.1) is 5.92 Å². The topological polar surface area (TPSA) is 49.9 Å². The van der Waals surface area contributed by atoms with Crippen LogP contribution in [0.4, 0.5) is 4.79 Å². The first-order valence-electron chi connectivity index (χ1n) is 7.56. The fourth-order valence-corrected chi connectivity index (χ4v) is 2.91. The Bertz CT molecular complexity index is 389. The standard InChI is InChI=1S/C15H26N2O3/c1-11-7-9-17(13(11)18)12-6-5-8-16(10-12)14(19)20-15(2,3)4/h11-12H,5-10H2,1-4H3. The molecule has 0 radical (unpaired) electrons. The second-order valence-electron chi connectivity index (χ2n) is 6.94. The highest BCUT2D eigenvalue weighted by molar-refractivity contribution is 5.81. The SMILES string of the molecule is CC1CCN(C2CCCN(C(=O)OC(C)(C)C)C2)C1=O. The molecule has 0 saturated carbocycles. The summed E-state index contributed by atoms with van der Waals surface area (Å²) in [6.07, 6.45) is 2.59. The van der Waals surface area contributed by atoms with Crippen LogP contribution in [0.15, 0.2) is 0 Å².